The second-order valence-electron chi connectivity index (χ2n) is 7.19. The second kappa shape index (κ2) is 7.45. The molecule has 0 unspecified atom stereocenters. The van der Waals surface area contributed by atoms with Crippen molar-refractivity contribution in [3.8, 4) is 0 Å². The molecule has 1 N–H and O–H groups in total. The average molecular weight is 369 g/mol. The molecule has 1 aromatic heterocycles. The minimum absolute atomic E-state index is 0.00323. The summed E-state index contributed by atoms with van der Waals surface area (Å²) in [7, 11) is -3.22. The molecule has 0 bridgehead atoms. The van der Waals surface area contributed by atoms with E-state index in [9.17, 15) is 13.2 Å². The van der Waals surface area contributed by atoms with E-state index in [0.717, 1.165) is 44.2 Å². The van der Waals surface area contributed by atoms with Gasteiger partial charge in [-0.05, 0) is 44.6 Å². The lowest BCUT2D eigenvalue weighted by atomic mass is 9.91. The predicted molar refractivity (Wildman–Crippen MR) is 95.8 cm³/mol. The minimum atomic E-state index is -3.22. The summed E-state index contributed by atoms with van der Waals surface area (Å²) in [6.07, 6.45) is 7.47. The molecule has 8 heteroatoms. The van der Waals surface area contributed by atoms with E-state index in [-0.39, 0.29) is 18.0 Å². The molecule has 2 heterocycles. The molecule has 1 amide bonds. The van der Waals surface area contributed by atoms with E-state index in [0.29, 0.717) is 25.2 Å². The topological polar surface area (TPSA) is 86.4 Å². The quantitative estimate of drug-likeness (QED) is 0.858. The van der Waals surface area contributed by atoms with Gasteiger partial charge in [-0.3, -0.25) is 9.89 Å². The number of aromatic amines is 1. The molecule has 1 aromatic rings. The Morgan fingerprint density at radius 3 is 2.48 bits per heavy atom. The van der Waals surface area contributed by atoms with Crippen molar-refractivity contribution < 1.29 is 13.2 Å². The fraction of sp³-hybridized carbons (Fsp3) is 0.765. The summed E-state index contributed by atoms with van der Waals surface area (Å²) >= 11 is 0. The summed E-state index contributed by atoms with van der Waals surface area (Å²) in [4.78, 5) is 14.5. The maximum Gasteiger partial charge on any atom is 0.274 e. The molecule has 1 aliphatic heterocycles. The highest BCUT2D eigenvalue weighted by Crippen LogP contribution is 2.32. The number of H-pyrrole nitrogens is 1. The van der Waals surface area contributed by atoms with Crippen LogP contribution in [-0.4, -0.2) is 65.2 Å². The Bertz CT molecular complexity index is 711. The largest absolute Gasteiger partial charge is 0.337 e. The first-order chi connectivity index (χ1) is 11.9. The number of carbonyl (C=O) groups excluding carboxylic acids is 1. The van der Waals surface area contributed by atoms with Crippen LogP contribution in [0.25, 0.3) is 0 Å². The lowest BCUT2D eigenvalue weighted by Crippen LogP contribution is -2.50. The Kier molecular flexibility index (Phi) is 5.48. The summed E-state index contributed by atoms with van der Waals surface area (Å²) in [6, 6.07) is 1.96. The number of rotatable bonds is 5. The number of hydrogen-bond donors (Lipinski definition) is 1. The molecule has 0 spiro atoms. The third kappa shape index (κ3) is 4.06. The number of carbonyl (C=O) groups is 1. The van der Waals surface area contributed by atoms with E-state index in [1.165, 1.54) is 6.26 Å². The van der Waals surface area contributed by atoms with Gasteiger partial charge < -0.3 is 4.90 Å². The van der Waals surface area contributed by atoms with Crippen LogP contribution in [0.4, 0.5) is 0 Å². The van der Waals surface area contributed by atoms with E-state index >= 15 is 0 Å². The Hall–Kier alpha value is -1.41. The zero-order valence-electron chi connectivity index (χ0n) is 15.1. The van der Waals surface area contributed by atoms with Crippen molar-refractivity contribution in [3.05, 3.63) is 17.5 Å². The SMILES string of the molecule is CCc1cc(C(=O)N2CCC[C@@H](N(C3CCC3)S(C)(=O)=O)CC2)n[nH]1. The maximum atomic E-state index is 12.7. The number of nitrogens with one attached hydrogen (secondary N) is 1. The molecule has 7 nitrogen and oxygen atoms in total. The van der Waals surface area contributed by atoms with Crippen LogP contribution < -0.4 is 0 Å². The number of aromatic nitrogens is 2. The van der Waals surface area contributed by atoms with Gasteiger partial charge in [-0.25, -0.2) is 8.42 Å². The highest BCUT2D eigenvalue weighted by atomic mass is 32.2. The molecule has 2 aliphatic rings. The van der Waals surface area contributed by atoms with Crippen molar-refractivity contribution in [3.63, 3.8) is 0 Å². The van der Waals surface area contributed by atoms with Gasteiger partial charge in [0.05, 0.1) is 6.26 Å². The predicted octanol–water partition coefficient (Wildman–Crippen LogP) is 1.78. The Labute approximate surface area is 149 Å². The fourth-order valence-electron chi connectivity index (χ4n) is 3.83. The normalized spacial score (nSPS) is 22.7. The van der Waals surface area contributed by atoms with Gasteiger partial charge in [0.15, 0.2) is 0 Å². The molecule has 140 valence electrons. The molecule has 1 atom stereocenters. The molecule has 1 aliphatic carbocycles. The summed E-state index contributed by atoms with van der Waals surface area (Å²) in [5.74, 6) is -0.0638. The molecule has 25 heavy (non-hydrogen) atoms. The van der Waals surface area contributed by atoms with Crippen LogP contribution in [0.5, 0.6) is 0 Å². The van der Waals surface area contributed by atoms with Gasteiger partial charge in [0, 0.05) is 30.9 Å². The fourth-order valence-corrected chi connectivity index (χ4v) is 5.34. The van der Waals surface area contributed by atoms with Gasteiger partial charge in [0.2, 0.25) is 10.0 Å². The average Bonchev–Trinajstić information content (AvgIpc) is 2.87. The van der Waals surface area contributed by atoms with Crippen molar-refractivity contribution in [2.45, 2.75) is 64.0 Å². The van der Waals surface area contributed by atoms with Crippen molar-refractivity contribution in [1.29, 1.82) is 0 Å². The highest BCUT2D eigenvalue weighted by Gasteiger charge is 2.37. The number of nitrogens with zero attached hydrogens (tertiary/aromatic N) is 3. The molecule has 0 aromatic carbocycles. The number of amides is 1. The number of likely N-dealkylation sites (tertiary alicyclic amines) is 1. The van der Waals surface area contributed by atoms with E-state index in [2.05, 4.69) is 10.2 Å². The molecular formula is C17H28N4O3S. The Balaban J connectivity index is 1.68. The van der Waals surface area contributed by atoms with Crippen LogP contribution in [0.2, 0.25) is 0 Å². The Morgan fingerprint density at radius 2 is 1.92 bits per heavy atom. The molecule has 3 rings (SSSR count). The molecule has 2 fully saturated rings. The third-order valence-electron chi connectivity index (χ3n) is 5.39. The number of sulfonamides is 1. The van der Waals surface area contributed by atoms with Gasteiger partial charge in [-0.15, -0.1) is 0 Å². The van der Waals surface area contributed by atoms with E-state index < -0.39 is 10.0 Å². The zero-order valence-corrected chi connectivity index (χ0v) is 15.9. The van der Waals surface area contributed by atoms with E-state index in [1.54, 1.807) is 4.31 Å². The summed E-state index contributed by atoms with van der Waals surface area (Å²) in [5, 5.41) is 7.00. The van der Waals surface area contributed by atoms with Crippen LogP contribution >= 0.6 is 0 Å². The number of aryl methyl sites for hydroxylation is 1. The minimum Gasteiger partial charge on any atom is -0.337 e. The first-order valence-electron chi connectivity index (χ1n) is 9.22. The third-order valence-corrected chi connectivity index (χ3v) is 6.76. The monoisotopic (exact) mass is 368 g/mol. The van der Waals surface area contributed by atoms with Crippen molar-refractivity contribution in [1.82, 2.24) is 19.4 Å². The Morgan fingerprint density at radius 1 is 1.24 bits per heavy atom. The first-order valence-corrected chi connectivity index (χ1v) is 11.1. The molecule has 0 radical (unpaired) electrons. The summed E-state index contributed by atoms with van der Waals surface area (Å²) in [5.41, 5.74) is 1.40. The number of hydrogen-bond acceptors (Lipinski definition) is 4. The summed E-state index contributed by atoms with van der Waals surface area (Å²) < 4.78 is 26.3. The van der Waals surface area contributed by atoms with Gasteiger partial charge in [-0.2, -0.15) is 9.40 Å². The van der Waals surface area contributed by atoms with Gasteiger partial charge in [0.25, 0.3) is 5.91 Å². The smallest absolute Gasteiger partial charge is 0.274 e. The summed E-state index contributed by atoms with van der Waals surface area (Å²) in [6.45, 7) is 3.25. The molecule has 1 saturated heterocycles. The zero-order chi connectivity index (χ0) is 18.0. The van der Waals surface area contributed by atoms with Crippen molar-refractivity contribution in [2.24, 2.45) is 0 Å². The lowest BCUT2D eigenvalue weighted by Gasteiger charge is -2.40. The maximum absolute atomic E-state index is 12.7. The van der Waals surface area contributed by atoms with Gasteiger partial charge >= 0.3 is 0 Å². The van der Waals surface area contributed by atoms with Crippen molar-refractivity contribution in [2.75, 3.05) is 19.3 Å². The van der Waals surface area contributed by atoms with Crippen LogP contribution in [-0.2, 0) is 16.4 Å². The lowest BCUT2D eigenvalue weighted by molar-refractivity contribution is 0.0751. The van der Waals surface area contributed by atoms with Crippen LogP contribution in [0, 0.1) is 0 Å². The van der Waals surface area contributed by atoms with Gasteiger partial charge in [0.1, 0.15) is 5.69 Å². The van der Waals surface area contributed by atoms with E-state index in [1.807, 2.05) is 17.9 Å². The molecular weight excluding hydrogens is 340 g/mol. The molecule has 1 saturated carbocycles. The first kappa shape index (κ1) is 18.4. The standard InChI is InChI=1S/C17H28N4O3S/c1-3-13-12-16(19-18-13)17(22)20-10-5-8-15(9-11-20)21(25(2,23)24)14-6-4-7-14/h12,14-15H,3-11H2,1-2H3,(H,18,19)/t15-/m1/s1. The van der Waals surface area contributed by atoms with Crippen LogP contribution in [0.15, 0.2) is 6.07 Å². The van der Waals surface area contributed by atoms with Gasteiger partial charge in [-0.1, -0.05) is 13.3 Å². The van der Waals surface area contributed by atoms with Crippen LogP contribution in [0.1, 0.15) is 61.6 Å². The highest BCUT2D eigenvalue weighted by molar-refractivity contribution is 7.88. The van der Waals surface area contributed by atoms with Crippen LogP contribution in [0.3, 0.4) is 0 Å². The van der Waals surface area contributed by atoms with Crippen molar-refractivity contribution >= 4 is 15.9 Å². The van der Waals surface area contributed by atoms with E-state index in [4.69, 9.17) is 0 Å². The second-order valence-corrected chi connectivity index (χ2v) is 9.07.